The zero-order chi connectivity index (χ0) is 39.5. The largest absolute Gasteiger partial charge is 0.504 e. The molecule has 0 saturated carbocycles. The minimum atomic E-state index is -3.02. The Morgan fingerprint density at radius 1 is 1.02 bits per heavy atom. The minimum Gasteiger partial charge on any atom is -0.504 e. The summed E-state index contributed by atoms with van der Waals surface area (Å²) in [4.78, 5) is 30.5. The lowest BCUT2D eigenvalue weighted by Crippen LogP contribution is -2.66. The van der Waals surface area contributed by atoms with Crippen LogP contribution in [0.2, 0.25) is 5.04 Å². The predicted molar refractivity (Wildman–Crippen MR) is 229 cm³/mol. The van der Waals surface area contributed by atoms with Gasteiger partial charge in [0, 0.05) is 10.8 Å². The molecule has 1 saturated heterocycles. The normalized spacial score (nSPS) is 19.9. The zero-order valence-electron chi connectivity index (χ0n) is 32.0. The van der Waals surface area contributed by atoms with Crippen LogP contribution in [0.1, 0.15) is 57.4 Å². The van der Waals surface area contributed by atoms with E-state index in [0.717, 1.165) is 32.0 Å². The predicted octanol–water partition coefficient (Wildman–Crippen LogP) is 7.30. The first kappa shape index (κ1) is 41.1. The zero-order valence-corrected chi connectivity index (χ0v) is 36.0. The number of imide groups is 1. The lowest BCUT2D eigenvalue weighted by molar-refractivity contribution is -0.140. The Morgan fingerprint density at radius 3 is 2.24 bits per heavy atom. The Morgan fingerprint density at radius 2 is 1.67 bits per heavy atom. The highest BCUT2D eigenvalue weighted by atomic mass is 127. The summed E-state index contributed by atoms with van der Waals surface area (Å²) in [5.74, 6) is -2.25. The Labute approximate surface area is 342 Å². The average molecular weight is 892 g/mol. The Balaban J connectivity index is 1.39. The van der Waals surface area contributed by atoms with E-state index in [1.807, 2.05) is 73.0 Å². The van der Waals surface area contributed by atoms with E-state index in [1.165, 1.54) is 23.3 Å². The summed E-state index contributed by atoms with van der Waals surface area (Å²) in [6, 6.07) is 28.1. The number of amides is 2. The van der Waals surface area contributed by atoms with Crippen LogP contribution in [0.5, 0.6) is 11.5 Å². The third-order valence-electron chi connectivity index (χ3n) is 11.1. The summed E-state index contributed by atoms with van der Waals surface area (Å²) >= 11 is 3.57. The molecule has 3 N–H and O–H groups in total. The maximum Gasteiger partial charge on any atom is 0.261 e. The topological polar surface area (TPSA) is 117 Å². The van der Waals surface area contributed by atoms with Crippen LogP contribution in [0.25, 0.3) is 6.08 Å². The summed E-state index contributed by atoms with van der Waals surface area (Å²) in [5, 5.41) is 37.5. The molecule has 1 fully saturated rings. The number of ether oxygens (including phenoxy) is 1. The molecule has 1 aromatic heterocycles. The second-order valence-electron chi connectivity index (χ2n) is 15.6. The number of phenols is 1. The number of likely N-dealkylation sites (tertiary alicyclic amines) is 1. The van der Waals surface area contributed by atoms with Crippen LogP contribution in [0, 0.1) is 21.3 Å². The number of methoxy groups -OCH3 is 1. The molecule has 0 spiro atoms. The molecule has 2 aliphatic rings. The van der Waals surface area contributed by atoms with Crippen molar-refractivity contribution in [2.24, 2.45) is 17.8 Å². The van der Waals surface area contributed by atoms with Crippen molar-refractivity contribution in [2.75, 3.05) is 20.3 Å². The molecule has 1 aliphatic carbocycles. The number of aromatic hydroxyl groups is 1. The van der Waals surface area contributed by atoms with Crippen molar-refractivity contribution in [1.82, 2.24) is 4.90 Å². The smallest absolute Gasteiger partial charge is 0.261 e. The van der Waals surface area contributed by atoms with Gasteiger partial charge in [0.2, 0.25) is 11.8 Å². The summed E-state index contributed by atoms with van der Waals surface area (Å²) in [7, 11) is -1.51. The van der Waals surface area contributed by atoms with Gasteiger partial charge in [-0.1, -0.05) is 99.2 Å². The van der Waals surface area contributed by atoms with Crippen molar-refractivity contribution in [1.29, 1.82) is 0 Å². The van der Waals surface area contributed by atoms with Crippen molar-refractivity contribution in [3.8, 4) is 11.5 Å². The van der Waals surface area contributed by atoms with Gasteiger partial charge in [-0.25, -0.2) is 0 Å². The first-order valence-electron chi connectivity index (χ1n) is 18.7. The summed E-state index contributed by atoms with van der Waals surface area (Å²) in [6.45, 7) is 8.56. The SMILES string of the molecule is COc1cc(/C=C(\C)CC[C@@H](O)C2=C(CO[Si](c3ccccc3)(c3ccccc3)C(C)(C)C)C[C@H]3C(=O)N(Cc4cccs4)C(=O)[C@H]3[C@H]2CO)cc(I)c1O. The quantitative estimate of drug-likeness (QED) is 0.0527. The van der Waals surface area contributed by atoms with Gasteiger partial charge in [0.05, 0.1) is 48.4 Å². The number of aliphatic hydroxyl groups is 2. The number of aliphatic hydroxyl groups excluding tert-OH is 2. The third-order valence-corrected chi connectivity index (χ3v) is 17.8. The molecule has 290 valence electrons. The van der Waals surface area contributed by atoms with Gasteiger partial charge in [-0.3, -0.25) is 14.5 Å². The van der Waals surface area contributed by atoms with Crippen LogP contribution in [-0.2, 0) is 20.6 Å². The number of carbonyl (C=O) groups is 2. The number of carbonyl (C=O) groups excluding carboxylic acids is 2. The molecule has 0 bridgehead atoms. The van der Waals surface area contributed by atoms with Crippen LogP contribution in [0.4, 0.5) is 0 Å². The van der Waals surface area contributed by atoms with E-state index in [4.69, 9.17) is 9.16 Å². The fourth-order valence-corrected chi connectivity index (χ4v) is 14.4. The number of thiophene rings is 1. The van der Waals surface area contributed by atoms with Crippen molar-refractivity contribution in [2.45, 2.75) is 64.6 Å². The van der Waals surface area contributed by atoms with Gasteiger partial charge in [0.15, 0.2) is 11.5 Å². The molecular formula is C44H50INO7SSi. The van der Waals surface area contributed by atoms with E-state index in [0.29, 0.717) is 27.7 Å². The van der Waals surface area contributed by atoms with E-state index in [9.17, 15) is 24.9 Å². The molecule has 1 aliphatic heterocycles. The number of rotatable bonds is 14. The average Bonchev–Trinajstić information content (AvgIpc) is 3.77. The summed E-state index contributed by atoms with van der Waals surface area (Å²) < 4.78 is 13.4. The van der Waals surface area contributed by atoms with Crippen LogP contribution in [0.15, 0.2) is 107 Å². The standard InChI is InChI=1S/C44H50INO7SSi/c1-28(21-29-22-36(45)41(49)38(23-29)52-5)18-19-37(48)39-30(24-34-40(35(39)26-47)43(51)46(42(34)50)25-31-13-12-20-54-31)27-53-55(44(2,3)4,32-14-8-6-9-15-32)33-16-10-7-11-17-33/h6-17,20-23,34-35,37,40,47-49H,18-19,24-27H2,1-5H3/b28-21+/t34-,35+,37-,40-/m1/s1. The maximum atomic E-state index is 14.1. The molecule has 2 amide bonds. The van der Waals surface area contributed by atoms with Crippen molar-refractivity contribution >= 4 is 70.5 Å². The fraction of sp³-hybridized carbons (Fsp3) is 0.364. The molecule has 0 unspecified atom stereocenters. The Hall–Kier alpha value is -3.59. The van der Waals surface area contributed by atoms with Crippen LogP contribution >= 0.6 is 33.9 Å². The molecule has 55 heavy (non-hydrogen) atoms. The van der Waals surface area contributed by atoms with Gasteiger partial charge < -0.3 is 24.5 Å². The number of halogens is 1. The van der Waals surface area contributed by atoms with E-state index in [2.05, 4.69) is 67.6 Å². The Bertz CT molecular complexity index is 2010. The van der Waals surface area contributed by atoms with Gasteiger partial charge in [0.25, 0.3) is 8.32 Å². The highest BCUT2D eigenvalue weighted by Gasteiger charge is 2.56. The van der Waals surface area contributed by atoms with E-state index < -0.39 is 32.2 Å². The monoisotopic (exact) mass is 891 g/mol. The van der Waals surface area contributed by atoms with Gasteiger partial charge in [-0.05, 0) is 104 Å². The molecule has 0 radical (unpaired) electrons. The molecule has 2 heterocycles. The number of allylic oxidation sites excluding steroid dienone is 1. The highest BCUT2D eigenvalue weighted by Crippen LogP contribution is 2.48. The molecule has 11 heteroatoms. The van der Waals surface area contributed by atoms with E-state index in [1.54, 1.807) is 6.07 Å². The van der Waals surface area contributed by atoms with Gasteiger partial charge >= 0.3 is 0 Å². The minimum absolute atomic E-state index is 0.0904. The molecule has 4 aromatic rings. The molecular weight excluding hydrogens is 842 g/mol. The number of nitrogens with zero attached hydrogens (tertiary/aromatic N) is 1. The van der Waals surface area contributed by atoms with Gasteiger partial charge in [0.1, 0.15) is 0 Å². The number of hydrogen-bond donors (Lipinski definition) is 3. The molecule has 3 aromatic carbocycles. The maximum absolute atomic E-state index is 14.1. The van der Waals surface area contributed by atoms with Gasteiger partial charge in [-0.15, -0.1) is 11.3 Å². The summed E-state index contributed by atoms with van der Waals surface area (Å²) in [5.41, 5.74) is 3.24. The number of benzene rings is 3. The number of hydrogen-bond acceptors (Lipinski definition) is 8. The Kier molecular flexibility index (Phi) is 12.9. The first-order valence-corrected chi connectivity index (χ1v) is 22.5. The van der Waals surface area contributed by atoms with Crippen LogP contribution in [-0.4, -0.2) is 66.8 Å². The lowest BCUT2D eigenvalue weighted by Gasteiger charge is -2.44. The van der Waals surface area contributed by atoms with Gasteiger partial charge in [-0.2, -0.15) is 0 Å². The van der Waals surface area contributed by atoms with Crippen molar-refractivity contribution in [3.63, 3.8) is 0 Å². The van der Waals surface area contributed by atoms with Crippen LogP contribution in [0.3, 0.4) is 0 Å². The molecule has 4 atom stereocenters. The van der Waals surface area contributed by atoms with E-state index >= 15 is 0 Å². The molecule has 6 rings (SSSR count). The second kappa shape index (κ2) is 17.3. The summed E-state index contributed by atoms with van der Waals surface area (Å²) in [6.07, 6.45) is 2.12. The second-order valence-corrected chi connectivity index (χ2v) is 22.1. The highest BCUT2D eigenvalue weighted by molar-refractivity contribution is 14.1. The third kappa shape index (κ3) is 8.28. The number of phenolic OH excluding ortho intramolecular Hbond substituents is 1. The van der Waals surface area contributed by atoms with Crippen molar-refractivity contribution in [3.05, 3.63) is 121 Å². The van der Waals surface area contributed by atoms with E-state index in [-0.39, 0.29) is 48.8 Å². The lowest BCUT2D eigenvalue weighted by atomic mass is 9.68. The first-order chi connectivity index (χ1) is 26.3. The molecule has 8 nitrogen and oxygen atoms in total. The number of fused-ring (bicyclic) bond motifs is 1. The van der Waals surface area contributed by atoms with Crippen LogP contribution < -0.4 is 15.1 Å². The van der Waals surface area contributed by atoms with Crippen molar-refractivity contribution < 1.29 is 34.1 Å². The fourth-order valence-electron chi connectivity index (χ4n) is 8.54.